The van der Waals surface area contributed by atoms with Gasteiger partial charge in [0.2, 0.25) is 5.91 Å². The average Bonchev–Trinajstić information content (AvgIpc) is 2.16. The summed E-state index contributed by atoms with van der Waals surface area (Å²) in [6.45, 7) is 9.64. The fourth-order valence-corrected chi connectivity index (χ4v) is 1.62. The van der Waals surface area contributed by atoms with Gasteiger partial charge in [0.05, 0.1) is 6.42 Å². The first-order valence-electron chi connectivity index (χ1n) is 5.74. The zero-order chi connectivity index (χ0) is 12.0. The molecule has 0 fully saturated rings. The molecule has 0 N–H and O–H groups in total. The highest BCUT2D eigenvalue weighted by Crippen LogP contribution is 2.13. The summed E-state index contributed by atoms with van der Waals surface area (Å²) in [4.78, 5) is 24.6. The van der Waals surface area contributed by atoms with Crippen LogP contribution >= 0.6 is 0 Å². The molecule has 0 aliphatic heterocycles. The standard InChI is InChI=1S/C12H23NO2/c1-6-9(3)13(10(4)7-2)12(15)8-11(5)14/h9-10H,6-8H2,1-5H3. The van der Waals surface area contributed by atoms with Crippen LogP contribution in [0.5, 0.6) is 0 Å². The maximum absolute atomic E-state index is 11.9. The van der Waals surface area contributed by atoms with Crippen LogP contribution < -0.4 is 0 Å². The van der Waals surface area contributed by atoms with Gasteiger partial charge in [-0.3, -0.25) is 9.59 Å². The van der Waals surface area contributed by atoms with Crippen molar-refractivity contribution in [2.24, 2.45) is 0 Å². The van der Waals surface area contributed by atoms with E-state index in [4.69, 9.17) is 0 Å². The zero-order valence-corrected chi connectivity index (χ0v) is 10.5. The fourth-order valence-electron chi connectivity index (χ4n) is 1.62. The van der Waals surface area contributed by atoms with E-state index in [-0.39, 0.29) is 30.2 Å². The zero-order valence-electron chi connectivity index (χ0n) is 10.5. The molecule has 0 aromatic carbocycles. The molecule has 3 nitrogen and oxygen atoms in total. The van der Waals surface area contributed by atoms with Crippen molar-refractivity contribution in [2.45, 2.75) is 66.0 Å². The SMILES string of the molecule is CCC(C)N(C(=O)CC(C)=O)C(C)CC. The minimum absolute atomic E-state index is 0.0359. The molecule has 2 unspecified atom stereocenters. The van der Waals surface area contributed by atoms with Crippen LogP contribution in [0.15, 0.2) is 0 Å². The first-order chi connectivity index (χ1) is 6.93. The Kier molecular flexibility index (Phi) is 6.21. The Labute approximate surface area is 92.8 Å². The molecule has 2 atom stereocenters. The Balaban J connectivity index is 4.61. The molecule has 3 heteroatoms. The van der Waals surface area contributed by atoms with Crippen LogP contribution in [0, 0.1) is 0 Å². The van der Waals surface area contributed by atoms with E-state index in [1.54, 1.807) is 0 Å². The summed E-state index contributed by atoms with van der Waals surface area (Å²) in [5.74, 6) is -0.0946. The molecule has 0 saturated carbocycles. The number of nitrogens with zero attached hydrogens (tertiary/aromatic N) is 1. The van der Waals surface area contributed by atoms with Crippen LogP contribution in [-0.2, 0) is 9.59 Å². The third-order valence-corrected chi connectivity index (χ3v) is 2.82. The van der Waals surface area contributed by atoms with Crippen molar-refractivity contribution in [1.29, 1.82) is 0 Å². The number of hydrogen-bond donors (Lipinski definition) is 0. The lowest BCUT2D eigenvalue weighted by Gasteiger charge is -2.33. The summed E-state index contributed by atoms with van der Waals surface area (Å²) in [6, 6.07) is 0.429. The molecule has 0 aromatic heterocycles. The van der Waals surface area contributed by atoms with E-state index in [2.05, 4.69) is 13.8 Å². The lowest BCUT2D eigenvalue weighted by Crippen LogP contribution is -2.44. The lowest BCUT2D eigenvalue weighted by molar-refractivity contribution is -0.138. The van der Waals surface area contributed by atoms with Crippen LogP contribution in [0.1, 0.15) is 53.9 Å². The van der Waals surface area contributed by atoms with E-state index in [0.29, 0.717) is 0 Å². The van der Waals surface area contributed by atoms with Gasteiger partial charge in [-0.05, 0) is 33.6 Å². The van der Waals surface area contributed by atoms with Crippen molar-refractivity contribution >= 4 is 11.7 Å². The summed E-state index contributed by atoms with van der Waals surface area (Å²) in [6.07, 6.45) is 1.89. The molecule has 0 aliphatic rings. The number of rotatable bonds is 6. The van der Waals surface area contributed by atoms with E-state index >= 15 is 0 Å². The number of carbonyl (C=O) groups excluding carboxylic acids is 2. The van der Waals surface area contributed by atoms with Crippen molar-refractivity contribution in [1.82, 2.24) is 4.90 Å². The molecular weight excluding hydrogens is 190 g/mol. The summed E-state index contributed by atoms with van der Waals surface area (Å²) in [7, 11) is 0. The van der Waals surface area contributed by atoms with Gasteiger partial charge < -0.3 is 4.90 Å². The van der Waals surface area contributed by atoms with Crippen molar-refractivity contribution in [3.8, 4) is 0 Å². The molecule has 0 bridgehead atoms. The number of amides is 1. The van der Waals surface area contributed by atoms with Gasteiger partial charge in [-0.1, -0.05) is 13.8 Å². The van der Waals surface area contributed by atoms with Gasteiger partial charge in [-0.2, -0.15) is 0 Å². The molecule has 0 heterocycles. The second-order valence-electron chi connectivity index (χ2n) is 4.19. The van der Waals surface area contributed by atoms with Crippen LogP contribution in [0.4, 0.5) is 0 Å². The molecule has 15 heavy (non-hydrogen) atoms. The number of hydrogen-bond acceptors (Lipinski definition) is 2. The van der Waals surface area contributed by atoms with Crippen molar-refractivity contribution in [3.05, 3.63) is 0 Å². The van der Waals surface area contributed by atoms with Crippen LogP contribution in [0.2, 0.25) is 0 Å². The van der Waals surface area contributed by atoms with Crippen LogP contribution in [0.3, 0.4) is 0 Å². The Hall–Kier alpha value is -0.860. The van der Waals surface area contributed by atoms with E-state index in [1.165, 1.54) is 6.92 Å². The minimum Gasteiger partial charge on any atom is -0.337 e. The monoisotopic (exact) mass is 213 g/mol. The number of carbonyl (C=O) groups is 2. The third-order valence-electron chi connectivity index (χ3n) is 2.82. The Bertz CT molecular complexity index is 216. The fraction of sp³-hybridized carbons (Fsp3) is 0.833. The van der Waals surface area contributed by atoms with Gasteiger partial charge in [0.1, 0.15) is 5.78 Å². The Morgan fingerprint density at radius 1 is 1.07 bits per heavy atom. The number of ketones is 1. The molecular formula is C12H23NO2. The van der Waals surface area contributed by atoms with Crippen molar-refractivity contribution in [2.75, 3.05) is 0 Å². The Morgan fingerprint density at radius 2 is 1.47 bits per heavy atom. The third kappa shape index (κ3) is 4.45. The molecule has 0 radical (unpaired) electrons. The quantitative estimate of drug-likeness (QED) is 0.635. The lowest BCUT2D eigenvalue weighted by atomic mass is 10.1. The maximum atomic E-state index is 11.9. The first-order valence-corrected chi connectivity index (χ1v) is 5.74. The molecule has 0 saturated heterocycles. The number of Topliss-reactive ketones (excluding diaryl/α,β-unsaturated/α-hetero) is 1. The second-order valence-corrected chi connectivity index (χ2v) is 4.19. The summed E-state index contributed by atoms with van der Waals surface area (Å²) < 4.78 is 0. The van der Waals surface area contributed by atoms with E-state index in [0.717, 1.165) is 12.8 Å². The van der Waals surface area contributed by atoms with Gasteiger partial charge >= 0.3 is 0 Å². The summed E-state index contributed by atoms with van der Waals surface area (Å²) in [5, 5.41) is 0. The molecule has 1 amide bonds. The van der Waals surface area contributed by atoms with E-state index < -0.39 is 0 Å². The smallest absolute Gasteiger partial charge is 0.230 e. The normalized spacial score (nSPS) is 14.5. The first kappa shape index (κ1) is 14.1. The van der Waals surface area contributed by atoms with Gasteiger partial charge in [0.15, 0.2) is 0 Å². The molecule has 88 valence electrons. The average molecular weight is 213 g/mol. The van der Waals surface area contributed by atoms with E-state index in [9.17, 15) is 9.59 Å². The highest BCUT2D eigenvalue weighted by molar-refractivity contribution is 5.97. The maximum Gasteiger partial charge on any atom is 0.230 e. The van der Waals surface area contributed by atoms with Gasteiger partial charge in [0, 0.05) is 12.1 Å². The predicted molar refractivity (Wildman–Crippen MR) is 61.7 cm³/mol. The van der Waals surface area contributed by atoms with E-state index in [1.807, 2.05) is 18.7 Å². The van der Waals surface area contributed by atoms with Crippen molar-refractivity contribution < 1.29 is 9.59 Å². The second kappa shape index (κ2) is 6.59. The Morgan fingerprint density at radius 3 is 1.73 bits per heavy atom. The molecule has 0 aliphatic carbocycles. The van der Waals surface area contributed by atoms with Crippen LogP contribution in [-0.4, -0.2) is 28.7 Å². The molecule has 0 rings (SSSR count). The molecule has 0 spiro atoms. The summed E-state index contributed by atoms with van der Waals surface area (Å²) in [5.41, 5.74) is 0. The highest BCUT2D eigenvalue weighted by Gasteiger charge is 2.23. The van der Waals surface area contributed by atoms with Crippen LogP contribution in [0.25, 0.3) is 0 Å². The van der Waals surface area contributed by atoms with Crippen molar-refractivity contribution in [3.63, 3.8) is 0 Å². The van der Waals surface area contributed by atoms with Gasteiger partial charge in [-0.25, -0.2) is 0 Å². The topological polar surface area (TPSA) is 37.4 Å². The molecule has 0 aromatic rings. The van der Waals surface area contributed by atoms with Gasteiger partial charge in [0.25, 0.3) is 0 Å². The highest BCUT2D eigenvalue weighted by atomic mass is 16.2. The van der Waals surface area contributed by atoms with Gasteiger partial charge in [-0.15, -0.1) is 0 Å². The largest absolute Gasteiger partial charge is 0.337 e. The summed E-state index contributed by atoms with van der Waals surface area (Å²) >= 11 is 0. The predicted octanol–water partition coefficient (Wildman–Crippen LogP) is 2.39. The minimum atomic E-state index is -0.0587.